The molecule has 4 fully saturated rings. The van der Waals surface area contributed by atoms with E-state index in [0.717, 1.165) is 35.3 Å². The molecule has 2 N–H and O–H groups in total. The lowest BCUT2D eigenvalue weighted by Gasteiger charge is -2.56. The number of benzene rings is 1. The monoisotopic (exact) mass is 283 g/mol. The van der Waals surface area contributed by atoms with Gasteiger partial charge in [0.1, 0.15) is 0 Å². The van der Waals surface area contributed by atoms with Crippen molar-refractivity contribution in [3.63, 3.8) is 0 Å². The summed E-state index contributed by atoms with van der Waals surface area (Å²) in [5.74, 6) is 3.11. The smallest absolute Gasteiger partial charge is 0.163 e. The molecule has 0 saturated heterocycles. The van der Waals surface area contributed by atoms with Crippen LogP contribution in [-0.2, 0) is 6.54 Å². The van der Waals surface area contributed by atoms with Crippen molar-refractivity contribution in [3.8, 4) is 0 Å². The van der Waals surface area contributed by atoms with E-state index in [2.05, 4.69) is 0 Å². The number of nitrogens with two attached hydrogens (primary N) is 1. The van der Waals surface area contributed by atoms with Crippen molar-refractivity contribution in [2.75, 3.05) is 0 Å². The van der Waals surface area contributed by atoms with Crippen LogP contribution in [0.5, 0.6) is 0 Å². The predicted octanol–water partition coefficient (Wildman–Crippen LogP) is 3.93. The average Bonchev–Trinajstić information content (AvgIpc) is 2.45. The highest BCUT2D eigenvalue weighted by Crippen LogP contribution is 2.61. The van der Waals surface area contributed by atoms with Crippen molar-refractivity contribution in [2.24, 2.45) is 28.9 Å². The topological polar surface area (TPSA) is 43.1 Å². The van der Waals surface area contributed by atoms with Crippen LogP contribution >= 0.6 is 0 Å². The molecular formula is C19H25NO. The first-order valence-corrected chi connectivity index (χ1v) is 8.48. The molecule has 0 spiro atoms. The van der Waals surface area contributed by atoms with Gasteiger partial charge in [-0.15, -0.1) is 0 Å². The van der Waals surface area contributed by atoms with E-state index in [1.165, 1.54) is 38.5 Å². The van der Waals surface area contributed by atoms with Crippen LogP contribution in [0, 0.1) is 23.2 Å². The molecule has 1 aromatic carbocycles. The van der Waals surface area contributed by atoms with Gasteiger partial charge in [0, 0.05) is 18.5 Å². The second-order valence-corrected chi connectivity index (χ2v) is 7.92. The summed E-state index contributed by atoms with van der Waals surface area (Å²) in [7, 11) is 0. The summed E-state index contributed by atoms with van der Waals surface area (Å²) in [5.41, 5.74) is 7.95. The molecule has 0 aromatic heterocycles. The molecule has 112 valence electrons. The van der Waals surface area contributed by atoms with Crippen molar-refractivity contribution in [3.05, 3.63) is 35.4 Å². The summed E-state index contributed by atoms with van der Waals surface area (Å²) in [6, 6.07) is 7.91. The van der Waals surface area contributed by atoms with Crippen LogP contribution in [0.1, 0.15) is 60.9 Å². The van der Waals surface area contributed by atoms with Gasteiger partial charge in [-0.3, -0.25) is 4.79 Å². The second kappa shape index (κ2) is 4.95. The molecule has 2 nitrogen and oxygen atoms in total. The van der Waals surface area contributed by atoms with E-state index in [0.29, 0.717) is 17.7 Å². The van der Waals surface area contributed by atoms with Crippen molar-refractivity contribution in [1.82, 2.24) is 0 Å². The van der Waals surface area contributed by atoms with Gasteiger partial charge < -0.3 is 5.73 Å². The van der Waals surface area contributed by atoms with Crippen LogP contribution in [0.3, 0.4) is 0 Å². The van der Waals surface area contributed by atoms with E-state index in [1.54, 1.807) is 0 Å². The Hall–Kier alpha value is -1.15. The van der Waals surface area contributed by atoms with Crippen LogP contribution in [0.25, 0.3) is 0 Å². The normalized spacial score (nSPS) is 36.9. The third-order valence-electron chi connectivity index (χ3n) is 6.21. The molecule has 5 rings (SSSR count). The van der Waals surface area contributed by atoms with E-state index in [9.17, 15) is 4.79 Å². The number of carbonyl (C=O) groups is 1. The molecule has 4 saturated carbocycles. The number of hydrogen-bond donors (Lipinski definition) is 1. The Bertz CT molecular complexity index is 510. The van der Waals surface area contributed by atoms with E-state index in [4.69, 9.17) is 5.73 Å². The predicted molar refractivity (Wildman–Crippen MR) is 83.9 cm³/mol. The molecule has 0 radical (unpaired) electrons. The van der Waals surface area contributed by atoms with E-state index >= 15 is 0 Å². The number of ketones is 1. The minimum absolute atomic E-state index is 0.346. The number of hydrogen-bond acceptors (Lipinski definition) is 2. The molecule has 0 atom stereocenters. The lowest BCUT2D eigenvalue weighted by Crippen LogP contribution is -2.46. The maximum atomic E-state index is 12.7. The summed E-state index contributed by atoms with van der Waals surface area (Å²) in [6.07, 6.45) is 9.04. The van der Waals surface area contributed by atoms with Crippen LogP contribution in [-0.4, -0.2) is 5.78 Å². The number of Topliss-reactive ketones (excluding diaryl/α,β-unsaturated/α-hetero) is 1. The first-order chi connectivity index (χ1) is 10.2. The summed E-state index contributed by atoms with van der Waals surface area (Å²) >= 11 is 0. The molecule has 4 aliphatic rings. The zero-order valence-corrected chi connectivity index (χ0v) is 12.7. The Morgan fingerprint density at radius 1 is 1.00 bits per heavy atom. The fraction of sp³-hybridized carbons (Fsp3) is 0.632. The highest BCUT2D eigenvalue weighted by Gasteiger charge is 2.51. The van der Waals surface area contributed by atoms with Gasteiger partial charge in [-0.1, -0.05) is 24.3 Å². The molecule has 0 amide bonds. The molecule has 4 bridgehead atoms. The largest absolute Gasteiger partial charge is 0.326 e. The molecular weight excluding hydrogens is 258 g/mol. The standard InChI is InChI=1S/C19H25NO/c20-12-13-1-3-17(4-2-13)18(21)11-19-8-14-5-15(9-19)7-16(6-14)10-19/h1-4,14-16H,5-12,20H2. The maximum Gasteiger partial charge on any atom is 0.163 e. The van der Waals surface area contributed by atoms with Crippen molar-refractivity contribution in [1.29, 1.82) is 0 Å². The second-order valence-electron chi connectivity index (χ2n) is 7.92. The molecule has 0 unspecified atom stereocenters. The van der Waals surface area contributed by atoms with Crippen LogP contribution in [0.15, 0.2) is 24.3 Å². The molecule has 0 aliphatic heterocycles. The van der Waals surface area contributed by atoms with E-state index in [-0.39, 0.29) is 0 Å². The molecule has 1 aromatic rings. The van der Waals surface area contributed by atoms with Gasteiger partial charge in [0.05, 0.1) is 0 Å². The molecule has 0 heterocycles. The van der Waals surface area contributed by atoms with E-state index in [1.807, 2.05) is 24.3 Å². The number of carbonyl (C=O) groups excluding carboxylic acids is 1. The lowest BCUT2D eigenvalue weighted by molar-refractivity contribution is -0.0524. The summed E-state index contributed by atoms with van der Waals surface area (Å²) in [5, 5.41) is 0. The minimum atomic E-state index is 0.346. The molecule has 4 aliphatic carbocycles. The first-order valence-electron chi connectivity index (χ1n) is 8.48. The number of rotatable bonds is 4. The first kappa shape index (κ1) is 13.5. The zero-order valence-electron chi connectivity index (χ0n) is 12.7. The quantitative estimate of drug-likeness (QED) is 0.851. The fourth-order valence-electron chi connectivity index (χ4n) is 5.78. The van der Waals surface area contributed by atoms with Gasteiger partial charge in [-0.05, 0) is 67.3 Å². The van der Waals surface area contributed by atoms with Crippen molar-refractivity contribution < 1.29 is 4.79 Å². The van der Waals surface area contributed by atoms with Crippen molar-refractivity contribution >= 4 is 5.78 Å². The van der Waals surface area contributed by atoms with Crippen LogP contribution in [0.4, 0.5) is 0 Å². The summed E-state index contributed by atoms with van der Waals surface area (Å²) < 4.78 is 0. The molecule has 2 heteroatoms. The Morgan fingerprint density at radius 3 is 2.00 bits per heavy atom. The summed E-state index contributed by atoms with van der Waals surface area (Å²) in [6.45, 7) is 0.545. The van der Waals surface area contributed by atoms with Gasteiger partial charge in [0.15, 0.2) is 5.78 Å². The minimum Gasteiger partial charge on any atom is -0.326 e. The van der Waals surface area contributed by atoms with Gasteiger partial charge >= 0.3 is 0 Å². The SMILES string of the molecule is NCc1ccc(C(=O)CC23CC4CC(CC(C4)C2)C3)cc1. The molecule has 21 heavy (non-hydrogen) atoms. The Balaban J connectivity index is 1.51. The fourth-order valence-corrected chi connectivity index (χ4v) is 5.78. The Morgan fingerprint density at radius 2 is 1.52 bits per heavy atom. The highest BCUT2D eigenvalue weighted by molar-refractivity contribution is 5.96. The maximum absolute atomic E-state index is 12.7. The summed E-state index contributed by atoms with van der Waals surface area (Å²) in [4.78, 5) is 12.7. The Kier molecular flexibility index (Phi) is 3.18. The highest BCUT2D eigenvalue weighted by atomic mass is 16.1. The van der Waals surface area contributed by atoms with Gasteiger partial charge in [-0.2, -0.15) is 0 Å². The van der Waals surface area contributed by atoms with Crippen LogP contribution < -0.4 is 5.73 Å². The van der Waals surface area contributed by atoms with Crippen molar-refractivity contribution in [2.45, 2.75) is 51.5 Å². The Labute approximate surface area is 127 Å². The average molecular weight is 283 g/mol. The van der Waals surface area contributed by atoms with Crippen LogP contribution in [0.2, 0.25) is 0 Å². The lowest BCUT2D eigenvalue weighted by atomic mass is 9.48. The van der Waals surface area contributed by atoms with Gasteiger partial charge in [-0.25, -0.2) is 0 Å². The van der Waals surface area contributed by atoms with Gasteiger partial charge in [0.25, 0.3) is 0 Å². The third-order valence-corrected chi connectivity index (χ3v) is 6.21. The van der Waals surface area contributed by atoms with E-state index < -0.39 is 0 Å². The van der Waals surface area contributed by atoms with Gasteiger partial charge in [0.2, 0.25) is 0 Å². The zero-order chi connectivity index (χ0) is 14.4. The third kappa shape index (κ3) is 2.44.